The minimum atomic E-state index is -0.226. The third-order valence-electron chi connectivity index (χ3n) is 3.98. The van der Waals surface area contributed by atoms with Crippen LogP contribution in [-0.2, 0) is 14.3 Å². The number of hydrogen-bond donors (Lipinski definition) is 0. The van der Waals surface area contributed by atoms with E-state index in [-0.39, 0.29) is 29.2 Å². The number of ether oxygens (including phenoxy) is 1. The molecule has 0 aliphatic heterocycles. The van der Waals surface area contributed by atoms with Crippen molar-refractivity contribution >= 4 is 11.8 Å². The van der Waals surface area contributed by atoms with Crippen LogP contribution in [0.4, 0.5) is 0 Å². The van der Waals surface area contributed by atoms with Crippen molar-refractivity contribution in [1.29, 1.82) is 0 Å². The second-order valence-electron chi connectivity index (χ2n) is 6.68. The van der Waals surface area contributed by atoms with Gasteiger partial charge in [0.1, 0.15) is 6.10 Å². The molecule has 0 bridgehead atoms. The van der Waals surface area contributed by atoms with Gasteiger partial charge in [-0.25, -0.2) is 0 Å². The zero-order chi connectivity index (χ0) is 16.0. The summed E-state index contributed by atoms with van der Waals surface area (Å²) < 4.78 is 5.36. The molecule has 3 heteroatoms. The SMILES string of the molecule is CCCCC(=O)OC(C)/C=C/C1C(C)=CC(=O)CC1(C)C. The van der Waals surface area contributed by atoms with Gasteiger partial charge in [0.05, 0.1) is 0 Å². The second kappa shape index (κ2) is 7.58. The highest BCUT2D eigenvalue weighted by atomic mass is 16.5. The predicted molar refractivity (Wildman–Crippen MR) is 84.9 cm³/mol. The van der Waals surface area contributed by atoms with Gasteiger partial charge in [-0.3, -0.25) is 9.59 Å². The molecule has 0 spiro atoms. The van der Waals surface area contributed by atoms with Gasteiger partial charge in [-0.05, 0) is 37.8 Å². The number of unbranched alkanes of at least 4 members (excludes halogenated alkanes) is 1. The summed E-state index contributed by atoms with van der Waals surface area (Å²) in [5, 5.41) is 0. The molecule has 0 fully saturated rings. The largest absolute Gasteiger partial charge is 0.458 e. The first-order valence-corrected chi connectivity index (χ1v) is 7.85. The molecule has 0 amide bonds. The molecule has 0 radical (unpaired) electrons. The smallest absolute Gasteiger partial charge is 0.306 e. The van der Waals surface area contributed by atoms with E-state index in [0.717, 1.165) is 18.4 Å². The van der Waals surface area contributed by atoms with Crippen LogP contribution in [0, 0.1) is 11.3 Å². The number of rotatable bonds is 6. The first kappa shape index (κ1) is 17.7. The van der Waals surface area contributed by atoms with Gasteiger partial charge >= 0.3 is 5.97 Å². The van der Waals surface area contributed by atoms with Crippen LogP contribution >= 0.6 is 0 Å². The first-order valence-electron chi connectivity index (χ1n) is 7.85. The fraction of sp³-hybridized carbons (Fsp3) is 0.667. The molecule has 2 atom stereocenters. The van der Waals surface area contributed by atoms with Gasteiger partial charge in [0.2, 0.25) is 0 Å². The summed E-state index contributed by atoms with van der Waals surface area (Å²) in [4.78, 5) is 23.2. The molecule has 21 heavy (non-hydrogen) atoms. The molecule has 0 aromatic carbocycles. The van der Waals surface area contributed by atoms with E-state index in [4.69, 9.17) is 4.74 Å². The lowest BCUT2D eigenvalue weighted by Gasteiger charge is -2.36. The van der Waals surface area contributed by atoms with Crippen molar-refractivity contribution in [3.05, 3.63) is 23.8 Å². The Balaban J connectivity index is 2.64. The highest BCUT2D eigenvalue weighted by Gasteiger charge is 2.34. The first-order chi connectivity index (χ1) is 9.76. The summed E-state index contributed by atoms with van der Waals surface area (Å²) in [6.45, 7) is 10.1. The standard InChI is InChI=1S/C18H28O3/c1-6-7-8-17(20)21-14(3)9-10-16-13(2)11-15(19)12-18(16,4)5/h9-11,14,16H,6-8,12H2,1-5H3/b10-9+. The molecule has 0 heterocycles. The van der Waals surface area contributed by atoms with Crippen LogP contribution in [-0.4, -0.2) is 17.9 Å². The predicted octanol–water partition coefficient (Wildman–Crippen LogP) is 4.23. The van der Waals surface area contributed by atoms with Crippen LogP contribution in [0.2, 0.25) is 0 Å². The fourth-order valence-corrected chi connectivity index (χ4v) is 2.88. The number of ketones is 1. The molecule has 1 rings (SSSR count). The molecule has 2 unspecified atom stereocenters. The highest BCUT2D eigenvalue weighted by molar-refractivity contribution is 5.92. The van der Waals surface area contributed by atoms with Crippen molar-refractivity contribution in [2.75, 3.05) is 0 Å². The van der Waals surface area contributed by atoms with Crippen molar-refractivity contribution < 1.29 is 14.3 Å². The van der Waals surface area contributed by atoms with E-state index < -0.39 is 0 Å². The fourth-order valence-electron chi connectivity index (χ4n) is 2.88. The van der Waals surface area contributed by atoms with Crippen LogP contribution in [0.1, 0.15) is 60.3 Å². The monoisotopic (exact) mass is 292 g/mol. The topological polar surface area (TPSA) is 43.4 Å². The quantitative estimate of drug-likeness (QED) is 0.543. The number of esters is 1. The Morgan fingerprint density at radius 2 is 2.19 bits per heavy atom. The van der Waals surface area contributed by atoms with Crippen LogP contribution in [0.25, 0.3) is 0 Å². The Morgan fingerprint density at radius 1 is 1.52 bits per heavy atom. The maximum absolute atomic E-state index is 11.6. The maximum atomic E-state index is 11.6. The molecule has 0 saturated heterocycles. The van der Waals surface area contributed by atoms with E-state index >= 15 is 0 Å². The number of hydrogen-bond acceptors (Lipinski definition) is 3. The van der Waals surface area contributed by atoms with E-state index in [9.17, 15) is 9.59 Å². The third kappa shape index (κ3) is 5.49. The van der Waals surface area contributed by atoms with E-state index in [2.05, 4.69) is 26.8 Å². The van der Waals surface area contributed by atoms with Crippen LogP contribution in [0.15, 0.2) is 23.8 Å². The summed E-state index contributed by atoms with van der Waals surface area (Å²) in [5.74, 6) is 0.271. The minimum Gasteiger partial charge on any atom is -0.458 e. The van der Waals surface area contributed by atoms with Gasteiger partial charge < -0.3 is 4.74 Å². The van der Waals surface area contributed by atoms with Crippen molar-refractivity contribution in [2.45, 2.75) is 66.4 Å². The lowest BCUT2D eigenvalue weighted by molar-refractivity contribution is -0.146. The summed E-state index contributed by atoms with van der Waals surface area (Å²) in [5.41, 5.74) is 0.996. The van der Waals surface area contributed by atoms with Gasteiger partial charge in [0.25, 0.3) is 0 Å². The van der Waals surface area contributed by atoms with Gasteiger partial charge in [0.15, 0.2) is 5.78 Å². The number of carbonyl (C=O) groups excluding carboxylic acids is 2. The third-order valence-corrected chi connectivity index (χ3v) is 3.98. The van der Waals surface area contributed by atoms with Crippen LogP contribution in [0.5, 0.6) is 0 Å². The van der Waals surface area contributed by atoms with Gasteiger partial charge in [0, 0.05) is 18.8 Å². The number of allylic oxidation sites excluding steroid dienone is 3. The van der Waals surface area contributed by atoms with Crippen molar-refractivity contribution in [2.24, 2.45) is 11.3 Å². The van der Waals surface area contributed by atoms with Gasteiger partial charge in [-0.2, -0.15) is 0 Å². The van der Waals surface area contributed by atoms with Crippen molar-refractivity contribution in [3.63, 3.8) is 0 Å². The summed E-state index contributed by atoms with van der Waals surface area (Å²) >= 11 is 0. The molecular formula is C18H28O3. The van der Waals surface area contributed by atoms with E-state index in [0.29, 0.717) is 12.8 Å². The average Bonchev–Trinajstić information content (AvgIpc) is 2.33. The highest BCUT2D eigenvalue weighted by Crippen LogP contribution is 2.40. The molecule has 1 aliphatic rings. The lowest BCUT2D eigenvalue weighted by atomic mass is 9.68. The molecular weight excluding hydrogens is 264 g/mol. The van der Waals surface area contributed by atoms with Crippen LogP contribution in [0.3, 0.4) is 0 Å². The van der Waals surface area contributed by atoms with Crippen molar-refractivity contribution in [3.8, 4) is 0 Å². The molecule has 0 N–H and O–H groups in total. The molecule has 0 saturated carbocycles. The second-order valence-corrected chi connectivity index (χ2v) is 6.68. The Morgan fingerprint density at radius 3 is 2.76 bits per heavy atom. The minimum absolute atomic E-state index is 0.0850. The van der Waals surface area contributed by atoms with Crippen LogP contribution < -0.4 is 0 Å². The molecule has 0 aromatic rings. The van der Waals surface area contributed by atoms with Gasteiger partial charge in [-0.15, -0.1) is 0 Å². The normalized spacial score (nSPS) is 23.0. The molecule has 1 aliphatic carbocycles. The lowest BCUT2D eigenvalue weighted by Crippen LogP contribution is -2.30. The summed E-state index contributed by atoms with van der Waals surface area (Å²) in [7, 11) is 0. The average molecular weight is 292 g/mol. The zero-order valence-electron chi connectivity index (χ0n) is 13.9. The number of carbonyl (C=O) groups is 2. The van der Waals surface area contributed by atoms with Gasteiger partial charge in [-0.1, -0.05) is 38.8 Å². The van der Waals surface area contributed by atoms with E-state index in [1.807, 2.05) is 19.9 Å². The van der Waals surface area contributed by atoms with E-state index in [1.165, 1.54) is 0 Å². The molecule has 0 aromatic heterocycles. The maximum Gasteiger partial charge on any atom is 0.306 e. The Kier molecular flexibility index (Phi) is 6.38. The van der Waals surface area contributed by atoms with Crippen molar-refractivity contribution in [1.82, 2.24) is 0 Å². The summed E-state index contributed by atoms with van der Waals surface area (Å²) in [6.07, 6.45) is 8.43. The molecule has 118 valence electrons. The van der Waals surface area contributed by atoms with E-state index in [1.54, 1.807) is 6.08 Å². The molecule has 3 nitrogen and oxygen atoms in total. The Bertz CT molecular complexity index is 443. The Labute approximate surface area is 128 Å². The zero-order valence-corrected chi connectivity index (χ0v) is 13.9. The Hall–Kier alpha value is -1.38. The summed E-state index contributed by atoms with van der Waals surface area (Å²) in [6, 6.07) is 0.